The van der Waals surface area contributed by atoms with Gasteiger partial charge in [-0.2, -0.15) is 18.2 Å². The van der Waals surface area contributed by atoms with Crippen LogP contribution in [0.5, 0.6) is 11.6 Å². The number of hydrogen-bond donors (Lipinski definition) is 2. The Kier molecular flexibility index (Phi) is 3.99. The van der Waals surface area contributed by atoms with E-state index in [1.165, 1.54) is 0 Å². The summed E-state index contributed by atoms with van der Waals surface area (Å²) in [5, 5.41) is 0. The first kappa shape index (κ1) is 15.0. The quantitative estimate of drug-likeness (QED) is 0.672. The minimum atomic E-state index is -4.62. The lowest BCUT2D eigenvalue weighted by atomic mass is 10.1. The maximum atomic E-state index is 12.8. The standard InChI is InChI=1S/C13H13F3N4O/c1-7-4-3-5-9(8(7)2)21-11-6-10(13(14,15)16)18-12(19-11)20-17/h3-6H,17H2,1-2H3,(H,18,19,20). The summed E-state index contributed by atoms with van der Waals surface area (Å²) in [7, 11) is 0. The normalized spacial score (nSPS) is 11.3. The van der Waals surface area contributed by atoms with E-state index in [1.54, 1.807) is 19.1 Å². The third kappa shape index (κ3) is 3.40. The monoisotopic (exact) mass is 298 g/mol. The van der Waals surface area contributed by atoms with Crippen molar-refractivity contribution in [3.8, 4) is 11.6 Å². The van der Waals surface area contributed by atoms with Gasteiger partial charge in [-0.25, -0.2) is 10.8 Å². The smallest absolute Gasteiger partial charge is 0.433 e. The number of nitrogens with two attached hydrogens (primary N) is 1. The number of rotatable bonds is 3. The highest BCUT2D eigenvalue weighted by atomic mass is 19.4. The third-order valence-electron chi connectivity index (χ3n) is 2.89. The molecule has 1 aromatic carbocycles. The number of ether oxygens (including phenoxy) is 1. The van der Waals surface area contributed by atoms with Crippen LogP contribution in [0.4, 0.5) is 19.1 Å². The lowest BCUT2D eigenvalue weighted by Gasteiger charge is -2.12. The number of nitrogens with zero attached hydrogens (tertiary/aromatic N) is 2. The Bertz CT molecular complexity index is 658. The maximum absolute atomic E-state index is 12.8. The van der Waals surface area contributed by atoms with Crippen molar-refractivity contribution in [2.75, 3.05) is 5.43 Å². The Morgan fingerprint density at radius 1 is 1.19 bits per heavy atom. The molecule has 0 bridgehead atoms. The number of alkyl halides is 3. The second-order valence-corrected chi connectivity index (χ2v) is 4.36. The molecule has 0 aliphatic rings. The van der Waals surface area contributed by atoms with Gasteiger partial charge in [-0.3, -0.25) is 5.43 Å². The van der Waals surface area contributed by atoms with Crippen LogP contribution < -0.4 is 16.0 Å². The molecule has 0 atom stereocenters. The van der Waals surface area contributed by atoms with Crippen molar-refractivity contribution in [1.29, 1.82) is 0 Å². The van der Waals surface area contributed by atoms with Gasteiger partial charge in [0, 0.05) is 6.07 Å². The van der Waals surface area contributed by atoms with Crippen LogP contribution in [0.25, 0.3) is 0 Å². The van der Waals surface area contributed by atoms with Crippen molar-refractivity contribution in [3.63, 3.8) is 0 Å². The van der Waals surface area contributed by atoms with Gasteiger partial charge in [0.15, 0.2) is 5.69 Å². The van der Waals surface area contributed by atoms with E-state index in [0.717, 1.165) is 17.2 Å². The first-order valence-corrected chi connectivity index (χ1v) is 5.98. The van der Waals surface area contributed by atoms with Crippen LogP contribution in [-0.4, -0.2) is 9.97 Å². The molecule has 3 N–H and O–H groups in total. The minimum absolute atomic E-state index is 0.237. The van der Waals surface area contributed by atoms with Gasteiger partial charge in [0.1, 0.15) is 5.75 Å². The van der Waals surface area contributed by atoms with Crippen molar-refractivity contribution in [3.05, 3.63) is 41.1 Å². The number of hydrogen-bond acceptors (Lipinski definition) is 5. The van der Waals surface area contributed by atoms with Gasteiger partial charge in [0.05, 0.1) is 0 Å². The number of aromatic nitrogens is 2. The predicted octanol–water partition coefficient (Wildman–Crippen LogP) is 3.19. The minimum Gasteiger partial charge on any atom is -0.439 e. The molecule has 0 aliphatic carbocycles. The van der Waals surface area contributed by atoms with Crippen LogP contribution >= 0.6 is 0 Å². The maximum Gasteiger partial charge on any atom is 0.433 e. The fourth-order valence-corrected chi connectivity index (χ4v) is 1.63. The molecule has 2 aromatic rings. The molecule has 0 aliphatic heterocycles. The van der Waals surface area contributed by atoms with E-state index in [-0.39, 0.29) is 11.8 Å². The molecule has 0 fully saturated rings. The first-order chi connectivity index (χ1) is 9.81. The van der Waals surface area contributed by atoms with Gasteiger partial charge in [0.2, 0.25) is 11.8 Å². The molecule has 0 spiro atoms. The second kappa shape index (κ2) is 5.57. The zero-order chi connectivity index (χ0) is 15.6. The molecule has 112 valence electrons. The summed E-state index contributed by atoms with van der Waals surface area (Å²) in [4.78, 5) is 7.01. The van der Waals surface area contributed by atoms with Gasteiger partial charge in [-0.15, -0.1) is 0 Å². The average molecular weight is 298 g/mol. The summed E-state index contributed by atoms with van der Waals surface area (Å²) >= 11 is 0. The summed E-state index contributed by atoms with van der Waals surface area (Å²) in [6, 6.07) is 5.98. The molecule has 0 radical (unpaired) electrons. The van der Waals surface area contributed by atoms with Crippen LogP contribution in [0, 0.1) is 13.8 Å². The Balaban J connectivity index is 2.42. The summed E-state index contributed by atoms with van der Waals surface area (Å²) in [6.07, 6.45) is -4.62. The fraction of sp³-hybridized carbons (Fsp3) is 0.231. The Morgan fingerprint density at radius 3 is 2.52 bits per heavy atom. The highest BCUT2D eigenvalue weighted by Gasteiger charge is 2.34. The summed E-state index contributed by atoms with van der Waals surface area (Å²) in [6.45, 7) is 3.68. The van der Waals surface area contributed by atoms with Crippen LogP contribution in [0.1, 0.15) is 16.8 Å². The zero-order valence-corrected chi connectivity index (χ0v) is 11.3. The molecular formula is C13H13F3N4O. The first-order valence-electron chi connectivity index (χ1n) is 5.98. The van der Waals surface area contributed by atoms with Crippen LogP contribution in [0.2, 0.25) is 0 Å². The van der Waals surface area contributed by atoms with E-state index in [1.807, 2.05) is 18.4 Å². The summed E-state index contributed by atoms with van der Waals surface area (Å²) < 4.78 is 43.7. The average Bonchev–Trinajstić information content (AvgIpc) is 2.42. The van der Waals surface area contributed by atoms with Crippen molar-refractivity contribution in [1.82, 2.24) is 9.97 Å². The van der Waals surface area contributed by atoms with E-state index in [0.29, 0.717) is 5.75 Å². The topological polar surface area (TPSA) is 73.1 Å². The van der Waals surface area contributed by atoms with E-state index in [4.69, 9.17) is 10.6 Å². The molecule has 2 rings (SSSR count). The van der Waals surface area contributed by atoms with E-state index in [2.05, 4.69) is 9.97 Å². The Labute approximate surface area is 118 Å². The van der Waals surface area contributed by atoms with Crippen LogP contribution in [0.3, 0.4) is 0 Å². The molecule has 0 amide bonds. The molecular weight excluding hydrogens is 285 g/mol. The largest absolute Gasteiger partial charge is 0.439 e. The lowest BCUT2D eigenvalue weighted by molar-refractivity contribution is -0.141. The molecule has 1 heterocycles. The molecule has 5 nitrogen and oxygen atoms in total. The molecule has 0 saturated carbocycles. The lowest BCUT2D eigenvalue weighted by Crippen LogP contribution is -2.15. The number of hydrazine groups is 1. The van der Waals surface area contributed by atoms with Crippen LogP contribution in [-0.2, 0) is 6.18 Å². The second-order valence-electron chi connectivity index (χ2n) is 4.36. The third-order valence-corrected chi connectivity index (χ3v) is 2.89. The number of nitrogen functional groups attached to an aromatic ring is 1. The van der Waals surface area contributed by atoms with Crippen molar-refractivity contribution >= 4 is 5.95 Å². The van der Waals surface area contributed by atoms with Gasteiger partial charge >= 0.3 is 6.18 Å². The SMILES string of the molecule is Cc1cccc(Oc2cc(C(F)(F)F)nc(NN)n2)c1C. The van der Waals surface area contributed by atoms with Crippen LogP contribution in [0.15, 0.2) is 24.3 Å². The zero-order valence-electron chi connectivity index (χ0n) is 11.3. The van der Waals surface area contributed by atoms with Gasteiger partial charge in [0.25, 0.3) is 0 Å². The van der Waals surface area contributed by atoms with Crippen molar-refractivity contribution < 1.29 is 17.9 Å². The van der Waals surface area contributed by atoms with E-state index < -0.39 is 11.9 Å². The highest BCUT2D eigenvalue weighted by molar-refractivity contribution is 5.41. The number of aryl methyl sites for hydroxylation is 1. The Hall–Kier alpha value is -2.35. The summed E-state index contributed by atoms with van der Waals surface area (Å²) in [5.74, 6) is 4.89. The molecule has 1 aromatic heterocycles. The summed E-state index contributed by atoms with van der Waals surface area (Å²) in [5.41, 5.74) is 2.62. The van der Waals surface area contributed by atoms with Gasteiger partial charge < -0.3 is 4.74 Å². The highest BCUT2D eigenvalue weighted by Crippen LogP contribution is 2.32. The molecule has 21 heavy (non-hydrogen) atoms. The Morgan fingerprint density at radius 2 is 1.90 bits per heavy atom. The number of halogens is 3. The number of benzene rings is 1. The van der Waals surface area contributed by atoms with Crippen molar-refractivity contribution in [2.24, 2.45) is 5.84 Å². The van der Waals surface area contributed by atoms with Gasteiger partial charge in [-0.1, -0.05) is 12.1 Å². The molecule has 8 heteroatoms. The molecule has 0 unspecified atom stereocenters. The fourth-order valence-electron chi connectivity index (χ4n) is 1.63. The van der Waals surface area contributed by atoms with E-state index in [9.17, 15) is 13.2 Å². The number of anilines is 1. The van der Waals surface area contributed by atoms with Crippen molar-refractivity contribution in [2.45, 2.75) is 20.0 Å². The predicted molar refractivity (Wildman–Crippen MR) is 70.8 cm³/mol. The van der Waals surface area contributed by atoms with Gasteiger partial charge in [-0.05, 0) is 31.0 Å². The molecule has 0 saturated heterocycles. The van der Waals surface area contributed by atoms with E-state index >= 15 is 0 Å². The number of nitrogens with one attached hydrogen (secondary N) is 1.